The molecule has 1 unspecified atom stereocenters. The number of hydrogen-bond acceptors (Lipinski definition) is 3. The van der Waals surface area contributed by atoms with Crippen molar-refractivity contribution in [2.75, 3.05) is 6.54 Å². The average Bonchev–Trinajstić information content (AvgIpc) is 2.18. The smallest absolute Gasteiger partial charge is 0.255 e. The van der Waals surface area contributed by atoms with E-state index in [-0.39, 0.29) is 17.9 Å². The molecular weight excluding hydrogens is 262 g/mol. The second-order valence-electron chi connectivity index (χ2n) is 3.22. The van der Waals surface area contributed by atoms with Crippen LogP contribution >= 0.6 is 15.9 Å². The lowest BCUT2D eigenvalue weighted by Gasteiger charge is -2.08. The van der Waals surface area contributed by atoms with Gasteiger partial charge in [0.15, 0.2) is 0 Å². The number of aromatic hydroxyl groups is 1. The summed E-state index contributed by atoms with van der Waals surface area (Å²) in [6, 6.07) is 4.59. The van der Waals surface area contributed by atoms with Crippen molar-refractivity contribution in [2.45, 2.75) is 13.0 Å². The molecule has 0 saturated heterocycles. The Labute approximate surface area is 96.1 Å². The van der Waals surface area contributed by atoms with Gasteiger partial charge < -0.3 is 15.5 Å². The van der Waals surface area contributed by atoms with Crippen molar-refractivity contribution in [3.05, 3.63) is 28.2 Å². The first-order valence-corrected chi connectivity index (χ1v) is 5.25. The summed E-state index contributed by atoms with van der Waals surface area (Å²) in [5.74, 6) is -0.490. The average molecular weight is 274 g/mol. The Morgan fingerprint density at radius 1 is 1.60 bits per heavy atom. The highest BCUT2D eigenvalue weighted by molar-refractivity contribution is 9.10. The second-order valence-corrected chi connectivity index (χ2v) is 4.14. The van der Waals surface area contributed by atoms with Crippen LogP contribution in [-0.4, -0.2) is 28.8 Å². The maximum Gasteiger partial charge on any atom is 0.255 e. The molecule has 0 spiro atoms. The highest BCUT2D eigenvalue weighted by Gasteiger charge is 2.11. The first kappa shape index (κ1) is 12.0. The molecule has 1 amide bonds. The predicted octanol–water partition coefficient (Wildman–Crippen LogP) is 1.27. The van der Waals surface area contributed by atoms with E-state index >= 15 is 0 Å². The number of phenolic OH excluding ortho intramolecular Hbond substituents is 1. The fraction of sp³-hybridized carbons (Fsp3) is 0.300. The molecule has 1 aromatic carbocycles. The molecule has 82 valence electrons. The van der Waals surface area contributed by atoms with E-state index in [2.05, 4.69) is 21.2 Å². The second kappa shape index (κ2) is 5.14. The van der Waals surface area contributed by atoms with Gasteiger partial charge >= 0.3 is 0 Å². The van der Waals surface area contributed by atoms with Crippen molar-refractivity contribution in [2.24, 2.45) is 0 Å². The summed E-state index contributed by atoms with van der Waals surface area (Å²) in [7, 11) is 0. The summed E-state index contributed by atoms with van der Waals surface area (Å²) in [5, 5.41) is 20.9. The Balaban J connectivity index is 2.77. The van der Waals surface area contributed by atoms with E-state index in [9.17, 15) is 9.90 Å². The van der Waals surface area contributed by atoms with Gasteiger partial charge in [-0.2, -0.15) is 0 Å². The number of carbonyl (C=O) groups excluding carboxylic acids is 1. The van der Waals surface area contributed by atoms with Gasteiger partial charge in [-0.05, 0) is 25.1 Å². The number of hydrogen-bond donors (Lipinski definition) is 3. The summed E-state index contributed by atoms with van der Waals surface area (Å²) in [4.78, 5) is 11.5. The van der Waals surface area contributed by atoms with Gasteiger partial charge in [0, 0.05) is 11.0 Å². The summed E-state index contributed by atoms with van der Waals surface area (Å²) >= 11 is 3.20. The third-order valence-corrected chi connectivity index (χ3v) is 2.25. The fourth-order valence-corrected chi connectivity index (χ4v) is 1.39. The fourth-order valence-electron chi connectivity index (χ4n) is 1.03. The number of halogens is 1. The van der Waals surface area contributed by atoms with E-state index in [4.69, 9.17) is 5.11 Å². The van der Waals surface area contributed by atoms with Crippen molar-refractivity contribution in [3.63, 3.8) is 0 Å². The lowest BCUT2D eigenvalue weighted by molar-refractivity contribution is 0.0921. The molecule has 1 atom stereocenters. The number of nitrogens with one attached hydrogen (secondary N) is 1. The number of aliphatic hydroxyl groups excluding tert-OH is 1. The van der Waals surface area contributed by atoms with E-state index in [0.29, 0.717) is 4.47 Å². The third kappa shape index (κ3) is 3.53. The van der Waals surface area contributed by atoms with Crippen LogP contribution in [0.5, 0.6) is 5.75 Å². The summed E-state index contributed by atoms with van der Waals surface area (Å²) in [6.45, 7) is 1.73. The van der Waals surface area contributed by atoms with Gasteiger partial charge in [0.05, 0.1) is 11.7 Å². The number of carbonyl (C=O) groups is 1. The van der Waals surface area contributed by atoms with Gasteiger partial charge in [-0.25, -0.2) is 0 Å². The topological polar surface area (TPSA) is 69.6 Å². The molecule has 1 rings (SSSR count). The Morgan fingerprint density at radius 2 is 2.27 bits per heavy atom. The van der Waals surface area contributed by atoms with Crippen LogP contribution in [0.15, 0.2) is 22.7 Å². The highest BCUT2D eigenvalue weighted by atomic mass is 79.9. The highest BCUT2D eigenvalue weighted by Crippen LogP contribution is 2.21. The molecule has 0 bridgehead atoms. The van der Waals surface area contributed by atoms with E-state index in [1.54, 1.807) is 13.0 Å². The maximum absolute atomic E-state index is 11.5. The number of amides is 1. The molecule has 0 aliphatic heterocycles. The quantitative estimate of drug-likeness (QED) is 0.777. The molecule has 0 heterocycles. The first-order chi connectivity index (χ1) is 7.00. The molecule has 0 aliphatic carbocycles. The van der Waals surface area contributed by atoms with Gasteiger partial charge in [-0.15, -0.1) is 0 Å². The monoisotopic (exact) mass is 273 g/mol. The molecule has 15 heavy (non-hydrogen) atoms. The SMILES string of the molecule is CC(O)CNC(=O)c1cc(Br)ccc1O. The van der Waals surface area contributed by atoms with E-state index in [1.165, 1.54) is 12.1 Å². The van der Waals surface area contributed by atoms with Crippen LogP contribution in [0.2, 0.25) is 0 Å². The van der Waals surface area contributed by atoms with Gasteiger partial charge in [0.25, 0.3) is 5.91 Å². The molecule has 4 nitrogen and oxygen atoms in total. The standard InChI is InChI=1S/C10H12BrNO3/c1-6(13)5-12-10(15)8-4-7(11)2-3-9(8)14/h2-4,6,13-14H,5H2,1H3,(H,12,15). The Hall–Kier alpha value is -1.07. The van der Waals surface area contributed by atoms with Gasteiger partial charge in [-0.3, -0.25) is 4.79 Å². The number of phenols is 1. The van der Waals surface area contributed by atoms with Crippen molar-refractivity contribution >= 4 is 21.8 Å². The zero-order valence-electron chi connectivity index (χ0n) is 8.20. The van der Waals surface area contributed by atoms with Crippen LogP contribution in [0.25, 0.3) is 0 Å². The lowest BCUT2D eigenvalue weighted by Crippen LogP contribution is -2.30. The molecule has 0 radical (unpaired) electrons. The molecule has 0 aromatic heterocycles. The first-order valence-electron chi connectivity index (χ1n) is 4.45. The minimum atomic E-state index is -0.608. The predicted molar refractivity (Wildman–Crippen MR) is 59.8 cm³/mol. The van der Waals surface area contributed by atoms with E-state index < -0.39 is 12.0 Å². The zero-order chi connectivity index (χ0) is 11.4. The molecule has 0 aliphatic rings. The van der Waals surface area contributed by atoms with Crippen LogP contribution in [-0.2, 0) is 0 Å². The zero-order valence-corrected chi connectivity index (χ0v) is 9.78. The molecular formula is C10H12BrNO3. The van der Waals surface area contributed by atoms with Crippen molar-refractivity contribution in [3.8, 4) is 5.75 Å². The lowest BCUT2D eigenvalue weighted by atomic mass is 10.2. The van der Waals surface area contributed by atoms with Crippen LogP contribution in [0.1, 0.15) is 17.3 Å². The minimum absolute atomic E-state index is 0.0821. The van der Waals surface area contributed by atoms with Gasteiger partial charge in [0.1, 0.15) is 5.75 Å². The van der Waals surface area contributed by atoms with Gasteiger partial charge in [-0.1, -0.05) is 15.9 Å². The molecule has 5 heteroatoms. The Morgan fingerprint density at radius 3 is 2.87 bits per heavy atom. The molecule has 1 aromatic rings. The number of aliphatic hydroxyl groups is 1. The van der Waals surface area contributed by atoms with Crippen LogP contribution in [0, 0.1) is 0 Å². The molecule has 3 N–H and O–H groups in total. The molecule has 0 fully saturated rings. The normalized spacial score (nSPS) is 12.2. The van der Waals surface area contributed by atoms with Crippen LogP contribution < -0.4 is 5.32 Å². The van der Waals surface area contributed by atoms with Crippen molar-refractivity contribution < 1.29 is 15.0 Å². The van der Waals surface area contributed by atoms with Crippen molar-refractivity contribution in [1.29, 1.82) is 0 Å². The van der Waals surface area contributed by atoms with Crippen molar-refractivity contribution in [1.82, 2.24) is 5.32 Å². The number of rotatable bonds is 3. The van der Waals surface area contributed by atoms with Gasteiger partial charge in [0.2, 0.25) is 0 Å². The largest absolute Gasteiger partial charge is 0.507 e. The summed E-state index contributed by atoms with van der Waals surface area (Å²) in [5.41, 5.74) is 0.185. The summed E-state index contributed by atoms with van der Waals surface area (Å²) < 4.78 is 0.711. The maximum atomic E-state index is 11.5. The van der Waals surface area contributed by atoms with E-state index in [1.807, 2.05) is 0 Å². The van der Waals surface area contributed by atoms with Crippen LogP contribution in [0.4, 0.5) is 0 Å². The Bertz CT molecular complexity index is 366. The molecule has 0 saturated carbocycles. The minimum Gasteiger partial charge on any atom is -0.507 e. The number of benzene rings is 1. The summed E-state index contributed by atoms with van der Waals surface area (Å²) in [6.07, 6.45) is -0.608. The third-order valence-electron chi connectivity index (χ3n) is 1.76. The Kier molecular flexibility index (Phi) is 4.11. The van der Waals surface area contributed by atoms with Crippen LogP contribution in [0.3, 0.4) is 0 Å². The van der Waals surface area contributed by atoms with E-state index in [0.717, 1.165) is 0 Å².